The molecule has 0 radical (unpaired) electrons. The largest absolute Gasteiger partial charge is 0.339 e. The van der Waals surface area contributed by atoms with Crippen molar-refractivity contribution in [3.05, 3.63) is 35.9 Å². The van der Waals surface area contributed by atoms with Gasteiger partial charge in [0.25, 0.3) is 0 Å². The average molecular weight is 259 g/mol. The molecule has 1 atom stereocenters. The number of hydrogen-bond acceptors (Lipinski definition) is 3. The normalized spacial score (nSPS) is 11.9. The summed E-state index contributed by atoms with van der Waals surface area (Å²) in [7, 11) is 0. The lowest BCUT2D eigenvalue weighted by Gasteiger charge is -2.29. The van der Waals surface area contributed by atoms with E-state index in [0.717, 1.165) is 5.56 Å². The van der Waals surface area contributed by atoms with Crippen LogP contribution in [0.4, 0.5) is 0 Å². The van der Waals surface area contributed by atoms with Gasteiger partial charge in [0, 0.05) is 19.1 Å². The van der Waals surface area contributed by atoms with Crippen molar-refractivity contribution in [2.75, 3.05) is 13.1 Å². The first-order valence-electron chi connectivity index (χ1n) is 6.54. The molecule has 0 aliphatic heterocycles. The van der Waals surface area contributed by atoms with Crippen LogP contribution in [0, 0.1) is 11.3 Å². The van der Waals surface area contributed by atoms with E-state index in [2.05, 4.69) is 6.07 Å². The van der Waals surface area contributed by atoms with Crippen LogP contribution < -0.4 is 5.73 Å². The molecule has 1 aromatic rings. The number of rotatable bonds is 6. The Hall–Kier alpha value is -1.86. The van der Waals surface area contributed by atoms with Gasteiger partial charge in [-0.25, -0.2) is 0 Å². The molecule has 2 N–H and O–H groups in total. The van der Waals surface area contributed by atoms with Gasteiger partial charge < -0.3 is 10.6 Å². The van der Waals surface area contributed by atoms with Crippen LogP contribution in [0.15, 0.2) is 30.3 Å². The Balaban J connectivity index is 2.90. The van der Waals surface area contributed by atoms with Gasteiger partial charge in [0.05, 0.1) is 18.4 Å². The predicted molar refractivity (Wildman–Crippen MR) is 75.3 cm³/mol. The molecule has 1 unspecified atom stereocenters. The second-order valence-corrected chi connectivity index (χ2v) is 4.73. The van der Waals surface area contributed by atoms with E-state index in [4.69, 9.17) is 11.0 Å². The highest BCUT2D eigenvalue weighted by Gasteiger charge is 2.25. The third-order valence-corrected chi connectivity index (χ3v) is 3.11. The fourth-order valence-corrected chi connectivity index (χ4v) is 2.06. The standard InChI is InChI=1S/C15H21N3O/c1-12(2)18(10-6-9-16)15(19)14(11-17)13-7-4-3-5-8-13/h3-5,7-8,12,14H,6,10-11,17H2,1-2H3. The van der Waals surface area contributed by atoms with Crippen molar-refractivity contribution < 1.29 is 4.79 Å². The van der Waals surface area contributed by atoms with Crippen LogP contribution in [0.5, 0.6) is 0 Å². The lowest BCUT2D eigenvalue weighted by Crippen LogP contribution is -2.42. The van der Waals surface area contributed by atoms with Crippen LogP contribution in [0.25, 0.3) is 0 Å². The van der Waals surface area contributed by atoms with Crippen molar-refractivity contribution in [1.29, 1.82) is 5.26 Å². The summed E-state index contributed by atoms with van der Waals surface area (Å²) in [6.45, 7) is 4.64. The summed E-state index contributed by atoms with van der Waals surface area (Å²) < 4.78 is 0. The Kier molecular flexibility index (Phi) is 6.04. The number of hydrogen-bond donors (Lipinski definition) is 1. The third-order valence-electron chi connectivity index (χ3n) is 3.11. The molecule has 0 heterocycles. The molecule has 1 aromatic carbocycles. The molecular weight excluding hydrogens is 238 g/mol. The molecule has 0 aliphatic carbocycles. The van der Waals surface area contributed by atoms with Crippen LogP contribution in [-0.4, -0.2) is 29.9 Å². The summed E-state index contributed by atoms with van der Waals surface area (Å²) in [4.78, 5) is 14.3. The van der Waals surface area contributed by atoms with Crippen LogP contribution >= 0.6 is 0 Å². The van der Waals surface area contributed by atoms with E-state index < -0.39 is 0 Å². The average Bonchev–Trinajstić information content (AvgIpc) is 2.41. The second kappa shape index (κ2) is 7.55. The molecule has 1 rings (SSSR count). The van der Waals surface area contributed by atoms with Gasteiger partial charge in [0.1, 0.15) is 0 Å². The van der Waals surface area contributed by atoms with Crippen LogP contribution in [0.1, 0.15) is 31.7 Å². The third kappa shape index (κ3) is 4.08. The molecule has 102 valence electrons. The van der Waals surface area contributed by atoms with Gasteiger partial charge >= 0.3 is 0 Å². The molecule has 0 spiro atoms. The Morgan fingerprint density at radius 3 is 2.47 bits per heavy atom. The maximum absolute atomic E-state index is 12.6. The molecule has 1 amide bonds. The molecule has 19 heavy (non-hydrogen) atoms. The maximum atomic E-state index is 12.6. The highest BCUT2D eigenvalue weighted by Crippen LogP contribution is 2.18. The summed E-state index contributed by atoms with van der Waals surface area (Å²) >= 11 is 0. The molecule has 0 aromatic heterocycles. The highest BCUT2D eigenvalue weighted by atomic mass is 16.2. The van der Waals surface area contributed by atoms with E-state index in [1.54, 1.807) is 4.90 Å². The number of benzene rings is 1. The predicted octanol–water partition coefficient (Wildman–Crippen LogP) is 1.88. The monoisotopic (exact) mass is 259 g/mol. The number of carbonyl (C=O) groups excluding carboxylic acids is 1. The topological polar surface area (TPSA) is 70.1 Å². The molecule has 0 bridgehead atoms. The zero-order chi connectivity index (χ0) is 14.3. The Bertz CT molecular complexity index is 436. The minimum Gasteiger partial charge on any atom is -0.339 e. The van der Waals surface area contributed by atoms with Gasteiger partial charge in [-0.3, -0.25) is 4.79 Å². The molecule has 4 heteroatoms. The van der Waals surface area contributed by atoms with E-state index in [1.165, 1.54) is 0 Å². The van der Waals surface area contributed by atoms with Gasteiger partial charge in [-0.05, 0) is 19.4 Å². The van der Waals surface area contributed by atoms with Gasteiger partial charge in [-0.2, -0.15) is 5.26 Å². The Labute approximate surface area is 114 Å². The summed E-state index contributed by atoms with van der Waals surface area (Å²) in [6, 6.07) is 11.7. The summed E-state index contributed by atoms with van der Waals surface area (Å²) in [5.74, 6) is -0.332. The smallest absolute Gasteiger partial charge is 0.231 e. The summed E-state index contributed by atoms with van der Waals surface area (Å²) in [5, 5.41) is 8.68. The van der Waals surface area contributed by atoms with Crippen molar-refractivity contribution in [3.63, 3.8) is 0 Å². The first-order chi connectivity index (χ1) is 9.11. The fraction of sp³-hybridized carbons (Fsp3) is 0.467. The first-order valence-corrected chi connectivity index (χ1v) is 6.54. The maximum Gasteiger partial charge on any atom is 0.231 e. The molecular formula is C15H21N3O. The van der Waals surface area contributed by atoms with Crippen molar-refractivity contribution in [3.8, 4) is 6.07 Å². The van der Waals surface area contributed by atoms with Gasteiger partial charge in [-0.1, -0.05) is 30.3 Å². The number of nitriles is 1. The lowest BCUT2D eigenvalue weighted by molar-refractivity contribution is -0.134. The van der Waals surface area contributed by atoms with E-state index in [9.17, 15) is 4.79 Å². The van der Waals surface area contributed by atoms with Crippen LogP contribution in [0.2, 0.25) is 0 Å². The van der Waals surface area contributed by atoms with Crippen molar-refractivity contribution >= 4 is 5.91 Å². The number of carbonyl (C=O) groups is 1. The molecule has 0 fully saturated rings. The molecule has 4 nitrogen and oxygen atoms in total. The summed E-state index contributed by atoms with van der Waals surface area (Å²) in [6.07, 6.45) is 0.343. The lowest BCUT2D eigenvalue weighted by atomic mass is 9.97. The SMILES string of the molecule is CC(C)N(CCC#N)C(=O)C(CN)c1ccccc1. The Morgan fingerprint density at radius 2 is 2.00 bits per heavy atom. The number of amides is 1. The van der Waals surface area contributed by atoms with Gasteiger partial charge in [0.15, 0.2) is 0 Å². The second-order valence-electron chi connectivity index (χ2n) is 4.73. The summed E-state index contributed by atoms with van der Waals surface area (Å²) in [5.41, 5.74) is 6.69. The Morgan fingerprint density at radius 1 is 1.37 bits per heavy atom. The molecule has 0 saturated heterocycles. The zero-order valence-electron chi connectivity index (χ0n) is 11.5. The highest BCUT2D eigenvalue weighted by molar-refractivity contribution is 5.84. The number of nitrogens with zero attached hydrogens (tertiary/aromatic N) is 2. The van der Waals surface area contributed by atoms with Gasteiger partial charge in [-0.15, -0.1) is 0 Å². The minimum absolute atomic E-state index is 0.000972. The van der Waals surface area contributed by atoms with E-state index in [1.807, 2.05) is 44.2 Å². The molecule has 0 saturated carbocycles. The van der Waals surface area contributed by atoms with E-state index >= 15 is 0 Å². The number of nitrogens with two attached hydrogens (primary N) is 1. The first kappa shape index (κ1) is 15.2. The van der Waals surface area contributed by atoms with Crippen molar-refractivity contribution in [2.24, 2.45) is 5.73 Å². The van der Waals surface area contributed by atoms with E-state index in [0.29, 0.717) is 13.0 Å². The molecule has 0 aliphatic rings. The van der Waals surface area contributed by atoms with Crippen molar-refractivity contribution in [1.82, 2.24) is 4.90 Å². The zero-order valence-corrected chi connectivity index (χ0v) is 11.5. The van der Waals surface area contributed by atoms with E-state index in [-0.39, 0.29) is 24.4 Å². The quantitative estimate of drug-likeness (QED) is 0.848. The van der Waals surface area contributed by atoms with Crippen LogP contribution in [-0.2, 0) is 4.79 Å². The fourth-order valence-electron chi connectivity index (χ4n) is 2.06. The van der Waals surface area contributed by atoms with Crippen molar-refractivity contribution in [2.45, 2.75) is 32.2 Å². The van der Waals surface area contributed by atoms with Gasteiger partial charge in [0.2, 0.25) is 5.91 Å². The minimum atomic E-state index is -0.331. The van der Waals surface area contributed by atoms with Crippen LogP contribution in [0.3, 0.4) is 0 Å².